The highest BCUT2D eigenvalue weighted by molar-refractivity contribution is 14.1. The zero-order valence-corrected chi connectivity index (χ0v) is 16.9. The zero-order chi connectivity index (χ0) is 15.6. The Hall–Kier alpha value is 0.220. The van der Waals surface area contributed by atoms with E-state index in [1.165, 1.54) is 0 Å². The topological polar surface area (TPSA) is 22.1 Å². The number of alkyl halides is 1. The van der Waals surface area contributed by atoms with Crippen LogP contribution < -0.4 is 4.74 Å². The molecule has 0 amide bonds. The average Bonchev–Trinajstić information content (AvgIpc) is 2.41. The summed E-state index contributed by atoms with van der Waals surface area (Å²) in [6.45, 7) is 5.01. The van der Waals surface area contributed by atoms with E-state index in [1.54, 1.807) is 6.07 Å². The van der Waals surface area contributed by atoms with Gasteiger partial charge in [-0.05, 0) is 46.7 Å². The van der Waals surface area contributed by atoms with Gasteiger partial charge in [0.2, 0.25) is 0 Å². The van der Waals surface area contributed by atoms with E-state index < -0.39 is 0 Å². The van der Waals surface area contributed by atoms with Gasteiger partial charge in [0.1, 0.15) is 10.7 Å². The molecule has 114 valence electrons. The predicted octanol–water partition coefficient (Wildman–Crippen LogP) is 6.19. The van der Waals surface area contributed by atoms with Gasteiger partial charge in [0.25, 0.3) is 0 Å². The van der Waals surface area contributed by atoms with Crippen LogP contribution in [0.4, 0.5) is 0 Å². The Labute approximate surface area is 156 Å². The third-order valence-corrected chi connectivity index (χ3v) is 5.54. The van der Waals surface area contributed by atoms with Crippen molar-refractivity contribution in [3.05, 3.63) is 31.9 Å². The van der Waals surface area contributed by atoms with Gasteiger partial charge in [-0.15, -0.1) is 0 Å². The molecule has 0 bridgehead atoms. The van der Waals surface area contributed by atoms with Crippen LogP contribution in [0.5, 0.6) is 5.75 Å². The molecule has 0 aliphatic heterocycles. The fourth-order valence-corrected chi connectivity index (χ4v) is 4.16. The molecule has 1 atom stereocenters. The van der Waals surface area contributed by atoms with Gasteiger partial charge >= 0.3 is 0 Å². The molecular formula is C15H15BrCl2INO. The first kappa shape index (κ1) is 17.6. The first-order chi connectivity index (χ1) is 9.93. The van der Waals surface area contributed by atoms with Crippen molar-refractivity contribution in [1.29, 1.82) is 0 Å². The summed E-state index contributed by atoms with van der Waals surface area (Å²) in [5.74, 6) is 1.73. The third kappa shape index (κ3) is 4.15. The Bertz CT molecular complexity index is 651. The van der Waals surface area contributed by atoms with E-state index >= 15 is 0 Å². The third-order valence-electron chi connectivity index (χ3n) is 3.39. The van der Waals surface area contributed by atoms with Crippen molar-refractivity contribution in [3.63, 3.8) is 0 Å². The normalized spacial score (nSPS) is 12.9. The molecule has 0 saturated carbocycles. The highest BCUT2D eigenvalue weighted by Gasteiger charge is 2.17. The standard InChI is InChI=1S/C15H15BrCl2INO/c1-8(2)9(6-16)7-21-15-12(19)5-11(17)10-3-4-13(18)20-14(10)15/h3-5,8-9H,6-7H2,1-2H3. The van der Waals surface area contributed by atoms with E-state index in [0.29, 0.717) is 28.6 Å². The van der Waals surface area contributed by atoms with Crippen molar-refractivity contribution in [1.82, 2.24) is 4.98 Å². The number of fused-ring (bicyclic) bond motifs is 1. The summed E-state index contributed by atoms with van der Waals surface area (Å²) < 4.78 is 7.00. The fraction of sp³-hybridized carbons (Fsp3) is 0.400. The number of pyridine rings is 1. The van der Waals surface area contributed by atoms with Crippen LogP contribution in [-0.4, -0.2) is 16.9 Å². The van der Waals surface area contributed by atoms with Crippen molar-refractivity contribution in [2.45, 2.75) is 13.8 Å². The minimum Gasteiger partial charge on any atom is -0.490 e. The first-order valence-corrected chi connectivity index (χ1v) is 9.52. The van der Waals surface area contributed by atoms with Crippen LogP contribution in [0.15, 0.2) is 18.2 Å². The summed E-state index contributed by atoms with van der Waals surface area (Å²) in [5, 5.41) is 2.86. The van der Waals surface area contributed by atoms with Gasteiger partial charge in [0.05, 0.1) is 15.2 Å². The van der Waals surface area contributed by atoms with Gasteiger partial charge in [0.15, 0.2) is 5.75 Å². The van der Waals surface area contributed by atoms with Crippen LogP contribution in [0.3, 0.4) is 0 Å². The Morgan fingerprint density at radius 3 is 2.67 bits per heavy atom. The number of ether oxygens (including phenoxy) is 1. The van der Waals surface area contributed by atoms with Crippen molar-refractivity contribution in [3.8, 4) is 5.75 Å². The number of nitrogens with zero attached hydrogens (tertiary/aromatic N) is 1. The molecule has 0 radical (unpaired) electrons. The second kappa shape index (κ2) is 7.66. The van der Waals surface area contributed by atoms with E-state index in [0.717, 1.165) is 25.6 Å². The summed E-state index contributed by atoms with van der Waals surface area (Å²) in [6, 6.07) is 5.51. The highest BCUT2D eigenvalue weighted by Crippen LogP contribution is 2.36. The number of hydrogen-bond acceptors (Lipinski definition) is 2. The smallest absolute Gasteiger partial charge is 0.158 e. The molecule has 0 aliphatic carbocycles. The summed E-state index contributed by atoms with van der Waals surface area (Å²) in [5.41, 5.74) is 0.719. The lowest BCUT2D eigenvalue weighted by atomic mass is 9.99. The average molecular weight is 503 g/mol. The lowest BCUT2D eigenvalue weighted by molar-refractivity contribution is 0.228. The molecule has 1 aromatic heterocycles. The SMILES string of the molecule is CC(C)C(CBr)COc1c(I)cc(Cl)c2ccc(Cl)nc12. The summed E-state index contributed by atoms with van der Waals surface area (Å²) >= 11 is 18.1. The summed E-state index contributed by atoms with van der Waals surface area (Å²) in [7, 11) is 0. The van der Waals surface area contributed by atoms with Crippen LogP contribution in [-0.2, 0) is 0 Å². The number of hydrogen-bond donors (Lipinski definition) is 0. The van der Waals surface area contributed by atoms with Gasteiger partial charge in [-0.2, -0.15) is 0 Å². The Balaban J connectivity index is 2.41. The lowest BCUT2D eigenvalue weighted by Crippen LogP contribution is -2.19. The predicted molar refractivity (Wildman–Crippen MR) is 102 cm³/mol. The fourth-order valence-electron chi connectivity index (χ4n) is 1.91. The van der Waals surface area contributed by atoms with E-state index in [9.17, 15) is 0 Å². The van der Waals surface area contributed by atoms with Crippen molar-refractivity contribution >= 4 is 72.6 Å². The molecule has 2 nitrogen and oxygen atoms in total. The minimum absolute atomic E-state index is 0.436. The lowest BCUT2D eigenvalue weighted by Gasteiger charge is -2.20. The molecule has 2 rings (SSSR count). The molecule has 0 N–H and O–H groups in total. The van der Waals surface area contributed by atoms with Crippen molar-refractivity contribution in [2.24, 2.45) is 11.8 Å². The van der Waals surface area contributed by atoms with Crippen LogP contribution in [0.1, 0.15) is 13.8 Å². The maximum atomic E-state index is 6.28. The molecule has 1 aromatic carbocycles. The Morgan fingerprint density at radius 1 is 1.33 bits per heavy atom. The minimum atomic E-state index is 0.436. The molecule has 0 spiro atoms. The van der Waals surface area contributed by atoms with E-state index in [-0.39, 0.29) is 0 Å². The Morgan fingerprint density at radius 2 is 2.05 bits per heavy atom. The van der Waals surface area contributed by atoms with Crippen molar-refractivity contribution < 1.29 is 4.74 Å². The van der Waals surface area contributed by atoms with Gasteiger partial charge in [-0.3, -0.25) is 0 Å². The summed E-state index contributed by atoms with van der Waals surface area (Å²) in [6.07, 6.45) is 0. The second-order valence-electron chi connectivity index (χ2n) is 5.17. The molecule has 2 aromatic rings. The molecule has 0 aliphatic rings. The molecule has 1 unspecified atom stereocenters. The largest absolute Gasteiger partial charge is 0.490 e. The molecule has 0 saturated heterocycles. The number of benzene rings is 1. The molecule has 6 heteroatoms. The highest BCUT2D eigenvalue weighted by atomic mass is 127. The van der Waals surface area contributed by atoms with Crippen LogP contribution in [0.25, 0.3) is 10.9 Å². The first-order valence-electron chi connectivity index (χ1n) is 6.57. The van der Waals surface area contributed by atoms with Crippen LogP contribution in [0.2, 0.25) is 10.2 Å². The Kier molecular flexibility index (Phi) is 6.41. The van der Waals surface area contributed by atoms with Gasteiger partial charge in [-0.1, -0.05) is 53.0 Å². The summed E-state index contributed by atoms with van der Waals surface area (Å²) in [4.78, 5) is 4.39. The second-order valence-corrected chi connectivity index (χ2v) is 7.77. The van der Waals surface area contributed by atoms with E-state index in [1.807, 2.05) is 12.1 Å². The van der Waals surface area contributed by atoms with E-state index in [2.05, 4.69) is 57.4 Å². The van der Waals surface area contributed by atoms with Gasteiger partial charge in [-0.25, -0.2) is 4.98 Å². The van der Waals surface area contributed by atoms with Crippen LogP contribution in [0, 0.1) is 15.4 Å². The number of rotatable bonds is 5. The number of halogens is 4. The molecule has 21 heavy (non-hydrogen) atoms. The van der Waals surface area contributed by atoms with E-state index in [4.69, 9.17) is 27.9 Å². The van der Waals surface area contributed by atoms with Gasteiger partial charge in [0, 0.05) is 16.6 Å². The molecule has 0 fully saturated rings. The van der Waals surface area contributed by atoms with Crippen molar-refractivity contribution in [2.75, 3.05) is 11.9 Å². The zero-order valence-electron chi connectivity index (χ0n) is 11.7. The quantitative estimate of drug-likeness (QED) is 0.276. The van der Waals surface area contributed by atoms with Gasteiger partial charge < -0.3 is 4.74 Å². The number of aromatic nitrogens is 1. The maximum Gasteiger partial charge on any atom is 0.158 e. The maximum absolute atomic E-state index is 6.28. The van der Waals surface area contributed by atoms with Crippen LogP contribution >= 0.6 is 61.7 Å². The molecular weight excluding hydrogens is 488 g/mol. The molecule has 1 heterocycles. The monoisotopic (exact) mass is 501 g/mol.